The number of nitrogens with zero attached hydrogens (tertiary/aromatic N) is 2. The van der Waals surface area contributed by atoms with Gasteiger partial charge in [0.1, 0.15) is 12.6 Å². The van der Waals surface area contributed by atoms with Crippen molar-refractivity contribution < 1.29 is 9.59 Å². The Morgan fingerprint density at radius 3 is 2.30 bits per heavy atom. The van der Waals surface area contributed by atoms with Gasteiger partial charge in [0, 0.05) is 16.8 Å². The van der Waals surface area contributed by atoms with Gasteiger partial charge >= 0.3 is 0 Å². The second-order valence-electron chi connectivity index (χ2n) is 8.50. The van der Waals surface area contributed by atoms with E-state index in [0.29, 0.717) is 18.0 Å². The summed E-state index contributed by atoms with van der Waals surface area (Å²) in [6.45, 7) is 6.18. The van der Waals surface area contributed by atoms with Gasteiger partial charge in [-0.05, 0) is 36.1 Å². The van der Waals surface area contributed by atoms with Crippen molar-refractivity contribution in [2.75, 3.05) is 16.8 Å². The lowest BCUT2D eigenvalue weighted by molar-refractivity contribution is -0.123. The van der Waals surface area contributed by atoms with Crippen LogP contribution in [0.1, 0.15) is 49.8 Å². The Bertz CT molecular complexity index is 1170. The number of nitrogens with one attached hydrogen (secondary N) is 1. The summed E-state index contributed by atoms with van der Waals surface area (Å²) in [7, 11) is 0. The third kappa shape index (κ3) is 4.72. The van der Waals surface area contributed by atoms with Gasteiger partial charge in [0.15, 0.2) is 0 Å². The summed E-state index contributed by atoms with van der Waals surface area (Å²) in [5.41, 5.74) is 5.20. The molecule has 0 saturated heterocycles. The third-order valence-electron chi connectivity index (χ3n) is 5.95. The Labute approximate surface area is 195 Å². The molecule has 5 heteroatoms. The molecule has 4 rings (SSSR count). The van der Waals surface area contributed by atoms with E-state index in [2.05, 4.69) is 24.2 Å². The molecule has 0 fully saturated rings. The van der Waals surface area contributed by atoms with Crippen LogP contribution in [0.2, 0.25) is 0 Å². The van der Waals surface area contributed by atoms with Crippen LogP contribution in [0.15, 0.2) is 83.9 Å². The van der Waals surface area contributed by atoms with Gasteiger partial charge in [-0.1, -0.05) is 81.4 Å². The Kier molecular flexibility index (Phi) is 6.68. The minimum Gasteiger partial charge on any atom is -0.324 e. The van der Waals surface area contributed by atoms with Crippen LogP contribution in [0.5, 0.6) is 0 Å². The van der Waals surface area contributed by atoms with E-state index in [4.69, 9.17) is 0 Å². The van der Waals surface area contributed by atoms with Crippen molar-refractivity contribution in [1.82, 2.24) is 0 Å². The number of benzene rings is 3. The highest BCUT2D eigenvalue weighted by atomic mass is 16.2. The van der Waals surface area contributed by atoms with Gasteiger partial charge in [-0.15, -0.1) is 0 Å². The summed E-state index contributed by atoms with van der Waals surface area (Å²) in [6, 6.07) is 24.7. The van der Waals surface area contributed by atoms with Gasteiger partial charge in [-0.25, -0.2) is 0 Å². The number of fused-ring (bicyclic) bond motifs is 1. The van der Waals surface area contributed by atoms with E-state index in [1.165, 1.54) is 5.56 Å². The van der Waals surface area contributed by atoms with Crippen LogP contribution in [0.3, 0.4) is 0 Å². The first-order chi connectivity index (χ1) is 16.0. The Balaban J connectivity index is 1.67. The highest BCUT2D eigenvalue weighted by molar-refractivity contribution is 6.20. The van der Waals surface area contributed by atoms with E-state index in [-0.39, 0.29) is 18.4 Å². The number of amides is 2. The molecule has 1 N–H and O–H groups in total. The first-order valence-electron chi connectivity index (χ1n) is 11.4. The number of benzodiazepines with no additional fused rings is 1. The van der Waals surface area contributed by atoms with Gasteiger partial charge in [0.05, 0.1) is 11.4 Å². The predicted octanol–water partition coefficient (Wildman–Crippen LogP) is 5.41. The number of para-hydroxylation sites is 1. The van der Waals surface area contributed by atoms with Crippen LogP contribution in [-0.2, 0) is 9.59 Å². The maximum atomic E-state index is 13.3. The number of hydrogen-bond acceptors (Lipinski definition) is 3. The number of anilines is 2. The SMILES string of the molecule is CCC(C(=O)Nc1ccc(C(C)C)cc1)N1C(=O)CN=C(c2ccccc2)c2ccccc21. The summed E-state index contributed by atoms with van der Waals surface area (Å²) in [5.74, 6) is 0.0230. The molecule has 0 aliphatic carbocycles. The van der Waals surface area contributed by atoms with E-state index < -0.39 is 6.04 Å². The second-order valence-corrected chi connectivity index (χ2v) is 8.50. The van der Waals surface area contributed by atoms with Crippen LogP contribution in [-0.4, -0.2) is 30.1 Å². The molecule has 0 bridgehead atoms. The van der Waals surface area contributed by atoms with Crippen molar-refractivity contribution in [1.29, 1.82) is 0 Å². The molecule has 0 aromatic heterocycles. The number of aliphatic imine (C=N–C) groups is 1. The maximum Gasteiger partial charge on any atom is 0.249 e. The highest BCUT2D eigenvalue weighted by Gasteiger charge is 2.33. The molecule has 0 saturated carbocycles. The molecular formula is C28H29N3O2. The summed E-state index contributed by atoms with van der Waals surface area (Å²) in [4.78, 5) is 32.9. The van der Waals surface area contributed by atoms with Crippen molar-refractivity contribution in [3.63, 3.8) is 0 Å². The molecule has 0 radical (unpaired) electrons. The summed E-state index contributed by atoms with van der Waals surface area (Å²) in [5, 5.41) is 3.00. The average molecular weight is 440 g/mol. The molecule has 1 aliphatic rings. The molecule has 1 aliphatic heterocycles. The van der Waals surface area contributed by atoms with Crippen LogP contribution in [0.4, 0.5) is 11.4 Å². The quantitative estimate of drug-likeness (QED) is 0.558. The van der Waals surface area contributed by atoms with Gasteiger partial charge < -0.3 is 5.32 Å². The van der Waals surface area contributed by atoms with Crippen molar-refractivity contribution in [2.24, 2.45) is 4.99 Å². The molecule has 3 aromatic rings. The zero-order chi connectivity index (χ0) is 23.4. The molecule has 0 spiro atoms. The van der Waals surface area contributed by atoms with E-state index in [9.17, 15) is 9.59 Å². The van der Waals surface area contributed by atoms with E-state index in [1.807, 2.05) is 85.8 Å². The first kappa shape index (κ1) is 22.5. The minimum atomic E-state index is -0.645. The zero-order valence-electron chi connectivity index (χ0n) is 19.3. The van der Waals surface area contributed by atoms with E-state index in [0.717, 1.165) is 22.5 Å². The zero-order valence-corrected chi connectivity index (χ0v) is 19.3. The fraction of sp³-hybridized carbons (Fsp3) is 0.250. The minimum absolute atomic E-state index is 0.00816. The third-order valence-corrected chi connectivity index (χ3v) is 5.95. The molecule has 33 heavy (non-hydrogen) atoms. The van der Waals surface area contributed by atoms with Crippen molar-refractivity contribution >= 4 is 28.9 Å². The average Bonchev–Trinajstić information content (AvgIpc) is 2.97. The van der Waals surface area contributed by atoms with Gasteiger partial charge in [-0.2, -0.15) is 0 Å². The molecule has 168 valence electrons. The molecule has 2 amide bonds. The fourth-order valence-corrected chi connectivity index (χ4v) is 4.17. The smallest absolute Gasteiger partial charge is 0.249 e. The molecular weight excluding hydrogens is 410 g/mol. The lowest BCUT2D eigenvalue weighted by Gasteiger charge is -2.30. The lowest BCUT2D eigenvalue weighted by Crippen LogP contribution is -2.48. The van der Waals surface area contributed by atoms with Crippen molar-refractivity contribution in [3.8, 4) is 0 Å². The number of carbonyl (C=O) groups excluding carboxylic acids is 2. The van der Waals surface area contributed by atoms with Crippen molar-refractivity contribution in [3.05, 3.63) is 95.6 Å². The van der Waals surface area contributed by atoms with E-state index in [1.54, 1.807) is 4.90 Å². The normalized spacial score (nSPS) is 14.4. The number of rotatable bonds is 6. The summed E-state index contributed by atoms with van der Waals surface area (Å²) < 4.78 is 0. The number of hydrogen-bond donors (Lipinski definition) is 1. The highest BCUT2D eigenvalue weighted by Crippen LogP contribution is 2.30. The van der Waals surface area contributed by atoms with Crippen LogP contribution >= 0.6 is 0 Å². The number of carbonyl (C=O) groups is 2. The van der Waals surface area contributed by atoms with Gasteiger partial charge in [0.2, 0.25) is 11.8 Å². The monoisotopic (exact) mass is 439 g/mol. The largest absolute Gasteiger partial charge is 0.324 e. The second kappa shape index (κ2) is 9.82. The van der Waals surface area contributed by atoms with Gasteiger partial charge in [0.25, 0.3) is 0 Å². The van der Waals surface area contributed by atoms with Crippen LogP contribution in [0.25, 0.3) is 0 Å². The maximum absolute atomic E-state index is 13.3. The topological polar surface area (TPSA) is 61.8 Å². The molecule has 1 heterocycles. The molecule has 1 unspecified atom stereocenters. The van der Waals surface area contributed by atoms with Crippen LogP contribution < -0.4 is 10.2 Å². The van der Waals surface area contributed by atoms with Crippen molar-refractivity contribution in [2.45, 2.75) is 39.2 Å². The van der Waals surface area contributed by atoms with Gasteiger partial charge in [-0.3, -0.25) is 19.5 Å². The summed E-state index contributed by atoms with van der Waals surface area (Å²) in [6.07, 6.45) is 0.483. The fourth-order valence-electron chi connectivity index (χ4n) is 4.17. The predicted molar refractivity (Wildman–Crippen MR) is 134 cm³/mol. The Morgan fingerprint density at radius 1 is 0.970 bits per heavy atom. The molecule has 1 atom stereocenters. The molecule has 3 aromatic carbocycles. The lowest BCUT2D eigenvalue weighted by atomic mass is 9.99. The summed E-state index contributed by atoms with van der Waals surface area (Å²) >= 11 is 0. The van der Waals surface area contributed by atoms with E-state index >= 15 is 0 Å². The molecule has 5 nitrogen and oxygen atoms in total. The van der Waals surface area contributed by atoms with Crippen LogP contribution in [0, 0.1) is 0 Å². The standard InChI is InChI=1S/C28H29N3O2/c1-4-24(28(33)30-22-16-14-20(15-17-22)19(2)3)31-25-13-9-8-12-23(25)27(29-18-26(31)32)21-10-6-5-7-11-21/h5-17,19,24H,4,18H2,1-3H3,(H,30,33). The Hall–Kier alpha value is -3.73. The first-order valence-corrected chi connectivity index (χ1v) is 11.4. The Morgan fingerprint density at radius 2 is 1.64 bits per heavy atom.